The van der Waals surface area contributed by atoms with E-state index < -0.39 is 0 Å². The van der Waals surface area contributed by atoms with Crippen LogP contribution in [0.5, 0.6) is 0 Å². The molecule has 1 aliphatic rings. The minimum Gasteiger partial charge on any atom is -0.336 e. The van der Waals surface area contributed by atoms with E-state index in [1.54, 1.807) is 18.3 Å². The number of amides is 1. The number of hydrogen-bond donors (Lipinski definition) is 1. The zero-order valence-electron chi connectivity index (χ0n) is 11.9. The van der Waals surface area contributed by atoms with Gasteiger partial charge in [0, 0.05) is 43.5 Å². The molecule has 2 rings (SSSR count). The van der Waals surface area contributed by atoms with E-state index in [-0.39, 0.29) is 11.4 Å². The molecule has 0 aromatic carbocycles. The molecule has 2 N–H and O–H groups in total. The van der Waals surface area contributed by atoms with Crippen molar-refractivity contribution in [1.82, 2.24) is 14.8 Å². The fourth-order valence-electron chi connectivity index (χ4n) is 2.32. The Kier molecular flexibility index (Phi) is 3.87. The molecule has 1 aromatic heterocycles. The van der Waals surface area contributed by atoms with E-state index >= 15 is 0 Å². The highest BCUT2D eigenvalue weighted by Gasteiger charge is 2.33. The smallest absolute Gasteiger partial charge is 0.254 e. The molecule has 19 heavy (non-hydrogen) atoms. The molecule has 1 saturated heterocycles. The van der Waals surface area contributed by atoms with E-state index in [0.29, 0.717) is 12.1 Å². The van der Waals surface area contributed by atoms with Crippen molar-refractivity contribution in [3.63, 3.8) is 0 Å². The molecule has 0 spiro atoms. The first-order valence-corrected chi connectivity index (χ1v) is 6.59. The average molecular weight is 262 g/mol. The van der Waals surface area contributed by atoms with E-state index in [0.717, 1.165) is 25.3 Å². The molecule has 104 valence electrons. The van der Waals surface area contributed by atoms with Gasteiger partial charge in [0.15, 0.2) is 0 Å². The molecule has 0 bridgehead atoms. The number of likely N-dealkylation sites (N-methyl/N-ethyl adjacent to an activating group) is 1. The highest BCUT2D eigenvalue weighted by Crippen LogP contribution is 2.20. The Bertz CT molecular complexity index is 472. The third kappa shape index (κ3) is 2.93. The number of nitrogens with two attached hydrogens (primary N) is 1. The van der Waals surface area contributed by atoms with Gasteiger partial charge in [0.05, 0.1) is 5.69 Å². The summed E-state index contributed by atoms with van der Waals surface area (Å²) in [5.74, 6) is 0.0678. The summed E-state index contributed by atoms with van der Waals surface area (Å²) in [7, 11) is 2.10. The van der Waals surface area contributed by atoms with Crippen LogP contribution in [0.1, 0.15) is 29.9 Å². The number of carbonyl (C=O) groups is 1. The van der Waals surface area contributed by atoms with E-state index in [4.69, 9.17) is 5.73 Å². The lowest BCUT2D eigenvalue weighted by Crippen LogP contribution is -2.58. The largest absolute Gasteiger partial charge is 0.336 e. The van der Waals surface area contributed by atoms with Crippen LogP contribution >= 0.6 is 0 Å². The number of rotatable bonds is 2. The SMILES string of the molecule is CN1CCN(C(=O)c2ccnc(CN)c2)CC1(C)C. The van der Waals surface area contributed by atoms with Crippen LogP contribution < -0.4 is 5.73 Å². The number of piperazine rings is 1. The highest BCUT2D eigenvalue weighted by molar-refractivity contribution is 5.94. The molecule has 5 heteroatoms. The molecule has 1 amide bonds. The van der Waals surface area contributed by atoms with Crippen LogP contribution in [0.25, 0.3) is 0 Å². The fraction of sp³-hybridized carbons (Fsp3) is 0.571. The van der Waals surface area contributed by atoms with Crippen LogP contribution in [0.3, 0.4) is 0 Å². The summed E-state index contributed by atoms with van der Waals surface area (Å²) < 4.78 is 0. The van der Waals surface area contributed by atoms with Crippen LogP contribution in [-0.2, 0) is 6.54 Å². The van der Waals surface area contributed by atoms with Gasteiger partial charge in [0.2, 0.25) is 0 Å². The van der Waals surface area contributed by atoms with Gasteiger partial charge in [-0.25, -0.2) is 0 Å². The number of pyridine rings is 1. The Morgan fingerprint density at radius 2 is 2.21 bits per heavy atom. The normalized spacial score (nSPS) is 19.5. The summed E-state index contributed by atoms with van der Waals surface area (Å²) in [6.45, 7) is 7.07. The lowest BCUT2D eigenvalue weighted by molar-refractivity contribution is 0.0311. The second-order valence-electron chi connectivity index (χ2n) is 5.70. The molecule has 1 aromatic rings. The molecule has 5 nitrogen and oxygen atoms in total. The molecule has 1 aliphatic heterocycles. The molecule has 0 saturated carbocycles. The van der Waals surface area contributed by atoms with Gasteiger partial charge < -0.3 is 10.6 Å². The Hall–Kier alpha value is -1.46. The van der Waals surface area contributed by atoms with Crippen LogP contribution in [-0.4, -0.2) is 52.9 Å². The predicted octanol–water partition coefficient (Wildman–Crippen LogP) is 0.707. The zero-order chi connectivity index (χ0) is 14.0. The van der Waals surface area contributed by atoms with Crippen molar-refractivity contribution in [2.45, 2.75) is 25.9 Å². The molecule has 0 aliphatic carbocycles. The number of nitrogens with zero attached hydrogens (tertiary/aromatic N) is 3. The van der Waals surface area contributed by atoms with Gasteiger partial charge in [-0.2, -0.15) is 0 Å². The molecule has 0 radical (unpaired) electrons. The highest BCUT2D eigenvalue weighted by atomic mass is 16.2. The predicted molar refractivity (Wildman–Crippen MR) is 74.7 cm³/mol. The van der Waals surface area contributed by atoms with Crippen molar-refractivity contribution in [2.75, 3.05) is 26.7 Å². The van der Waals surface area contributed by atoms with Gasteiger partial charge in [-0.05, 0) is 33.0 Å². The monoisotopic (exact) mass is 262 g/mol. The van der Waals surface area contributed by atoms with E-state index in [2.05, 4.69) is 30.8 Å². The minimum absolute atomic E-state index is 0.0115. The van der Waals surface area contributed by atoms with Gasteiger partial charge >= 0.3 is 0 Å². The van der Waals surface area contributed by atoms with E-state index in [1.165, 1.54) is 0 Å². The number of aromatic nitrogens is 1. The van der Waals surface area contributed by atoms with Crippen LogP contribution in [0.4, 0.5) is 0 Å². The summed E-state index contributed by atoms with van der Waals surface area (Å²) in [6, 6.07) is 3.54. The Labute approximate surface area is 114 Å². The van der Waals surface area contributed by atoms with Crippen LogP contribution in [0.15, 0.2) is 18.3 Å². The van der Waals surface area contributed by atoms with Gasteiger partial charge in [0.25, 0.3) is 5.91 Å². The first kappa shape index (κ1) is 14.0. The van der Waals surface area contributed by atoms with Crippen LogP contribution in [0.2, 0.25) is 0 Å². The topological polar surface area (TPSA) is 62.5 Å². The summed E-state index contributed by atoms with van der Waals surface area (Å²) >= 11 is 0. The quantitative estimate of drug-likeness (QED) is 0.852. The van der Waals surface area contributed by atoms with Gasteiger partial charge in [-0.3, -0.25) is 14.7 Å². The molecule has 2 heterocycles. The summed E-state index contributed by atoms with van der Waals surface area (Å²) in [6.07, 6.45) is 1.65. The van der Waals surface area contributed by atoms with E-state index in [1.807, 2.05) is 4.90 Å². The Balaban J connectivity index is 2.15. The average Bonchev–Trinajstić information content (AvgIpc) is 2.41. The third-order valence-corrected chi connectivity index (χ3v) is 3.88. The maximum atomic E-state index is 12.5. The fourth-order valence-corrected chi connectivity index (χ4v) is 2.32. The Morgan fingerprint density at radius 3 is 2.84 bits per heavy atom. The molecule has 0 unspecified atom stereocenters. The van der Waals surface area contributed by atoms with Crippen molar-refractivity contribution < 1.29 is 4.79 Å². The van der Waals surface area contributed by atoms with Crippen molar-refractivity contribution in [3.05, 3.63) is 29.6 Å². The lowest BCUT2D eigenvalue weighted by Gasteiger charge is -2.45. The third-order valence-electron chi connectivity index (χ3n) is 3.88. The second-order valence-corrected chi connectivity index (χ2v) is 5.70. The Morgan fingerprint density at radius 1 is 1.47 bits per heavy atom. The minimum atomic E-state index is 0.0115. The summed E-state index contributed by atoms with van der Waals surface area (Å²) in [5, 5.41) is 0. The lowest BCUT2D eigenvalue weighted by atomic mass is 9.99. The standard InChI is InChI=1S/C14H22N4O/c1-14(2)10-18(7-6-17(14)3)13(19)11-4-5-16-12(8-11)9-15/h4-5,8H,6-7,9-10,15H2,1-3H3. The maximum absolute atomic E-state index is 12.5. The summed E-state index contributed by atoms with van der Waals surface area (Å²) in [4.78, 5) is 20.8. The second kappa shape index (κ2) is 5.27. The van der Waals surface area contributed by atoms with Crippen LogP contribution in [0, 0.1) is 0 Å². The van der Waals surface area contributed by atoms with Gasteiger partial charge in [-0.15, -0.1) is 0 Å². The molecular formula is C14H22N4O. The van der Waals surface area contributed by atoms with Gasteiger partial charge in [0.1, 0.15) is 0 Å². The van der Waals surface area contributed by atoms with Crippen molar-refractivity contribution >= 4 is 5.91 Å². The van der Waals surface area contributed by atoms with Gasteiger partial charge in [-0.1, -0.05) is 0 Å². The van der Waals surface area contributed by atoms with E-state index in [9.17, 15) is 4.79 Å². The first-order valence-electron chi connectivity index (χ1n) is 6.59. The molecular weight excluding hydrogens is 240 g/mol. The van der Waals surface area contributed by atoms with Crippen molar-refractivity contribution in [3.8, 4) is 0 Å². The maximum Gasteiger partial charge on any atom is 0.254 e. The first-order chi connectivity index (χ1) is 8.94. The summed E-state index contributed by atoms with van der Waals surface area (Å²) in [5.41, 5.74) is 7.00. The zero-order valence-corrected chi connectivity index (χ0v) is 11.9. The number of carbonyl (C=O) groups excluding carboxylic acids is 1. The number of hydrogen-bond acceptors (Lipinski definition) is 4. The van der Waals surface area contributed by atoms with Crippen molar-refractivity contribution in [2.24, 2.45) is 5.73 Å². The van der Waals surface area contributed by atoms with Crippen molar-refractivity contribution in [1.29, 1.82) is 0 Å². The molecule has 0 atom stereocenters. The molecule has 1 fully saturated rings.